The summed E-state index contributed by atoms with van der Waals surface area (Å²) in [5, 5.41) is 14.3. The number of pyridine rings is 1. The first-order valence-electron chi connectivity index (χ1n) is 10.3. The number of hydrogen-bond donors (Lipinski definition) is 0. The van der Waals surface area contributed by atoms with Crippen molar-refractivity contribution < 1.29 is 9.18 Å². The highest BCUT2D eigenvalue weighted by Gasteiger charge is 2.24. The molecule has 6 nitrogen and oxygen atoms in total. The Bertz CT molecular complexity index is 1370. The van der Waals surface area contributed by atoms with Crippen LogP contribution in [0.2, 0.25) is 10.0 Å². The van der Waals surface area contributed by atoms with E-state index in [-0.39, 0.29) is 47.4 Å². The van der Waals surface area contributed by atoms with Crippen molar-refractivity contribution in [1.82, 2.24) is 19.7 Å². The van der Waals surface area contributed by atoms with Gasteiger partial charge in [0, 0.05) is 31.0 Å². The van der Waals surface area contributed by atoms with E-state index in [0.29, 0.717) is 10.7 Å². The quantitative estimate of drug-likeness (QED) is 0.319. The summed E-state index contributed by atoms with van der Waals surface area (Å²) in [5.41, 5.74) is 2.03. The molecule has 0 fully saturated rings. The van der Waals surface area contributed by atoms with Crippen LogP contribution in [0, 0.1) is 17.1 Å². The van der Waals surface area contributed by atoms with Gasteiger partial charge in [0.15, 0.2) is 0 Å². The Morgan fingerprint density at radius 2 is 1.91 bits per heavy atom. The molecule has 0 saturated carbocycles. The van der Waals surface area contributed by atoms with Crippen molar-refractivity contribution in [2.24, 2.45) is 0 Å². The van der Waals surface area contributed by atoms with Crippen LogP contribution >= 0.6 is 23.2 Å². The number of rotatable bonds is 7. The molecule has 0 unspecified atom stereocenters. The third kappa shape index (κ3) is 5.09. The Kier molecular flexibility index (Phi) is 7.21. The van der Waals surface area contributed by atoms with E-state index in [2.05, 4.69) is 16.2 Å². The fourth-order valence-electron chi connectivity index (χ4n) is 3.46. The summed E-state index contributed by atoms with van der Waals surface area (Å²) in [6.45, 7) is 0.446. The van der Waals surface area contributed by atoms with Gasteiger partial charge in [-0.15, -0.1) is 0 Å². The van der Waals surface area contributed by atoms with Gasteiger partial charge in [-0.1, -0.05) is 41.4 Å². The first-order chi connectivity index (χ1) is 16.5. The molecule has 0 atom stereocenters. The summed E-state index contributed by atoms with van der Waals surface area (Å²) in [4.78, 5) is 19.3. The minimum Gasteiger partial charge on any atom is -0.332 e. The fourth-order valence-corrected chi connectivity index (χ4v) is 3.75. The maximum atomic E-state index is 14.5. The molecule has 0 aliphatic rings. The smallest absolute Gasteiger partial charge is 0.272 e. The van der Waals surface area contributed by atoms with E-state index in [1.807, 2.05) is 6.07 Å². The van der Waals surface area contributed by atoms with Gasteiger partial charge in [-0.3, -0.25) is 9.78 Å². The molecule has 0 spiro atoms. The lowest BCUT2D eigenvalue weighted by molar-refractivity contribution is 0.0737. The van der Waals surface area contributed by atoms with Crippen molar-refractivity contribution in [1.29, 1.82) is 5.26 Å². The van der Waals surface area contributed by atoms with E-state index in [9.17, 15) is 9.18 Å². The topological polar surface area (TPSA) is 74.8 Å². The zero-order chi connectivity index (χ0) is 24.1. The molecule has 4 aromatic rings. The number of amides is 1. The lowest BCUT2D eigenvalue weighted by Crippen LogP contribution is -2.33. The lowest BCUT2D eigenvalue weighted by Gasteiger charge is -2.22. The largest absolute Gasteiger partial charge is 0.332 e. The highest BCUT2D eigenvalue weighted by Crippen LogP contribution is 2.28. The van der Waals surface area contributed by atoms with Gasteiger partial charge < -0.3 is 4.90 Å². The van der Waals surface area contributed by atoms with Gasteiger partial charge in [-0.05, 0) is 48.0 Å². The highest BCUT2D eigenvalue weighted by atomic mass is 35.5. The second-order valence-corrected chi connectivity index (χ2v) is 8.22. The summed E-state index contributed by atoms with van der Waals surface area (Å²) in [7, 11) is 0. The third-order valence-corrected chi connectivity index (χ3v) is 5.84. The molecule has 0 bridgehead atoms. The minimum atomic E-state index is -0.461. The van der Waals surface area contributed by atoms with Crippen molar-refractivity contribution in [3.63, 3.8) is 0 Å². The van der Waals surface area contributed by atoms with Crippen LogP contribution in [0.3, 0.4) is 0 Å². The van der Waals surface area contributed by atoms with Crippen LogP contribution in [0.1, 0.15) is 22.5 Å². The number of halogens is 3. The van der Waals surface area contributed by atoms with Crippen molar-refractivity contribution >= 4 is 29.1 Å². The molecule has 0 saturated heterocycles. The predicted molar refractivity (Wildman–Crippen MR) is 128 cm³/mol. The molecule has 4 rings (SSSR count). The van der Waals surface area contributed by atoms with Crippen LogP contribution in [0.5, 0.6) is 0 Å². The van der Waals surface area contributed by atoms with Gasteiger partial charge in [-0.25, -0.2) is 9.07 Å². The zero-order valence-electron chi connectivity index (χ0n) is 17.8. The number of nitriles is 1. The van der Waals surface area contributed by atoms with Gasteiger partial charge in [0.05, 0.1) is 33.9 Å². The van der Waals surface area contributed by atoms with Crippen molar-refractivity contribution in [3.8, 4) is 23.0 Å². The van der Waals surface area contributed by atoms with Gasteiger partial charge >= 0.3 is 0 Å². The predicted octanol–water partition coefficient (Wildman–Crippen LogP) is 5.94. The van der Waals surface area contributed by atoms with Gasteiger partial charge in [0.2, 0.25) is 0 Å². The van der Waals surface area contributed by atoms with Crippen molar-refractivity contribution in [3.05, 3.63) is 100 Å². The number of nitrogens with zero attached hydrogens (tertiary/aromatic N) is 5. The standard InChI is InChI=1S/C25H18Cl2FN5O/c26-20-9-8-18(13-21(20)27)33-24(14-23(31-33)19-6-1-2-7-22(19)28)25(34)32(12-4-10-29)16-17-5-3-11-30-15-17/h1-3,5-9,11,13-15H,4,12,16H2. The minimum absolute atomic E-state index is 0.146. The molecule has 2 aromatic heterocycles. The van der Waals surface area contributed by atoms with Crippen LogP contribution < -0.4 is 0 Å². The Morgan fingerprint density at radius 3 is 2.62 bits per heavy atom. The fraction of sp³-hybridized carbons (Fsp3) is 0.120. The first-order valence-corrected chi connectivity index (χ1v) is 11.1. The average Bonchev–Trinajstić information content (AvgIpc) is 3.29. The Balaban J connectivity index is 1.81. The summed E-state index contributed by atoms with van der Waals surface area (Å²) in [6, 6.07) is 18.3. The molecule has 9 heteroatoms. The van der Waals surface area contributed by atoms with E-state index in [0.717, 1.165) is 5.56 Å². The average molecular weight is 494 g/mol. The molecule has 34 heavy (non-hydrogen) atoms. The van der Waals surface area contributed by atoms with Crippen molar-refractivity contribution in [2.75, 3.05) is 6.54 Å². The van der Waals surface area contributed by atoms with E-state index in [1.165, 1.54) is 21.7 Å². The van der Waals surface area contributed by atoms with Crippen LogP contribution in [-0.2, 0) is 6.54 Å². The van der Waals surface area contributed by atoms with E-state index in [1.54, 1.807) is 54.9 Å². The van der Waals surface area contributed by atoms with Gasteiger partial charge in [0.25, 0.3) is 5.91 Å². The Morgan fingerprint density at radius 1 is 1.09 bits per heavy atom. The number of benzene rings is 2. The number of aromatic nitrogens is 3. The summed E-state index contributed by atoms with van der Waals surface area (Å²) < 4.78 is 15.9. The van der Waals surface area contributed by atoms with Crippen LogP contribution in [-0.4, -0.2) is 32.1 Å². The third-order valence-electron chi connectivity index (χ3n) is 5.10. The van der Waals surface area contributed by atoms with Crippen LogP contribution in [0.15, 0.2) is 73.1 Å². The summed E-state index contributed by atoms with van der Waals surface area (Å²) in [5.74, 6) is -0.836. The molecule has 2 aromatic carbocycles. The summed E-state index contributed by atoms with van der Waals surface area (Å²) >= 11 is 12.3. The Labute approximate surface area is 205 Å². The summed E-state index contributed by atoms with van der Waals surface area (Å²) in [6.07, 6.45) is 3.45. The SMILES string of the molecule is N#CCCN(Cc1cccnc1)C(=O)c1cc(-c2ccccc2F)nn1-c1ccc(Cl)c(Cl)c1. The Hall–Kier alpha value is -3.73. The van der Waals surface area contributed by atoms with Crippen LogP contribution in [0.4, 0.5) is 4.39 Å². The maximum Gasteiger partial charge on any atom is 0.272 e. The van der Waals surface area contributed by atoms with Gasteiger partial charge in [0.1, 0.15) is 11.5 Å². The van der Waals surface area contributed by atoms with E-state index >= 15 is 0 Å². The number of carbonyl (C=O) groups is 1. The molecule has 0 radical (unpaired) electrons. The molecule has 2 heterocycles. The molecule has 0 aliphatic carbocycles. The zero-order valence-corrected chi connectivity index (χ0v) is 19.3. The lowest BCUT2D eigenvalue weighted by atomic mass is 10.1. The maximum absolute atomic E-state index is 14.5. The molecule has 170 valence electrons. The second kappa shape index (κ2) is 10.5. The molecular weight excluding hydrogens is 476 g/mol. The molecule has 0 aliphatic heterocycles. The van der Waals surface area contributed by atoms with Crippen LogP contribution in [0.25, 0.3) is 16.9 Å². The molecule has 1 amide bonds. The van der Waals surface area contributed by atoms with E-state index in [4.69, 9.17) is 28.5 Å². The number of hydrogen-bond acceptors (Lipinski definition) is 4. The molecular formula is C25H18Cl2FN5O. The second-order valence-electron chi connectivity index (χ2n) is 7.40. The van der Waals surface area contributed by atoms with E-state index < -0.39 is 5.82 Å². The normalized spacial score (nSPS) is 10.6. The molecule has 0 N–H and O–H groups in total. The van der Waals surface area contributed by atoms with Gasteiger partial charge in [-0.2, -0.15) is 10.4 Å². The highest BCUT2D eigenvalue weighted by molar-refractivity contribution is 6.42. The number of carbonyl (C=O) groups excluding carboxylic acids is 1. The first kappa shape index (κ1) is 23.4. The monoisotopic (exact) mass is 493 g/mol. The van der Waals surface area contributed by atoms with Crippen molar-refractivity contribution in [2.45, 2.75) is 13.0 Å².